The molecular weight excluding hydrogens is 1140 g/mol. The predicted molar refractivity (Wildman–Crippen MR) is 335 cm³/mol. The van der Waals surface area contributed by atoms with E-state index in [1.807, 2.05) is 86.6 Å². The lowest BCUT2D eigenvalue weighted by molar-refractivity contribution is 0.166. The van der Waals surface area contributed by atoms with Gasteiger partial charge in [-0.2, -0.15) is 0 Å². The Labute approximate surface area is 502 Å². The first-order valence-corrected chi connectivity index (χ1v) is 29.2. The summed E-state index contributed by atoms with van der Waals surface area (Å²) in [5, 5.41) is 11.7. The van der Waals surface area contributed by atoms with Crippen LogP contribution in [0.25, 0.3) is 0 Å². The Balaban J connectivity index is 0.000000177. The fraction of sp³-hybridized carbons (Fsp3) is 0.306. The van der Waals surface area contributed by atoms with Gasteiger partial charge in [-0.1, -0.05) is 162 Å². The van der Waals surface area contributed by atoms with Crippen LogP contribution in [0.15, 0.2) is 176 Å². The SMILES string of the molecule is CC.CC(Cl)OC(=O)Cl.C[C@@H]1CN(c2ccc(Cl)cc2)[C@H](c2ccc(Cl)cc2)CN1.C[C@@H]1CNC[C@@H](c2ccc(Cl)cc2)N1c1ccc(Cl)cc1.Clc1ccc(C2CN(Cc3ccccc3)CCN2c2ccc(Cl)cc2)cc1. The standard InChI is InChI=1S/C23H22Cl2N2.2C17H18Cl2N2.C3H4Cl2O2.C2H6/c24-20-8-6-19(7-9-20)23-17-26(16-18-4-2-1-3-5-18)14-15-27(23)22-12-10-21(25)11-13-22;1-12-11-21(16-8-6-15(19)7-9-16)17(10-20-12)13-2-4-14(18)5-3-13;1-12-10-20-11-17(13-2-4-14(18)5-3-13)21(12)16-8-6-15(19)7-9-16;1-2(4)7-3(5)6;1-2/h1-13,23H,14-17H2;2*2-9,12,17,20H,10-11H2,1H3;2H,1H3;1-2H3/t;2*12-,17+;;/m.11../s1. The van der Waals surface area contributed by atoms with Crippen molar-refractivity contribution in [2.24, 2.45) is 0 Å². The van der Waals surface area contributed by atoms with Crippen LogP contribution in [0.2, 0.25) is 30.1 Å². The van der Waals surface area contributed by atoms with Crippen LogP contribution in [-0.2, 0) is 11.3 Å². The maximum atomic E-state index is 9.71. The summed E-state index contributed by atoms with van der Waals surface area (Å²) < 4.78 is 4.14. The van der Waals surface area contributed by atoms with Crippen molar-refractivity contribution in [2.45, 2.75) is 76.9 Å². The van der Waals surface area contributed by atoms with E-state index in [1.165, 1.54) is 46.2 Å². The minimum atomic E-state index is -0.873. The van der Waals surface area contributed by atoms with Crippen molar-refractivity contribution >= 4 is 115 Å². The number of halogens is 8. The Hall–Kier alpha value is -4.39. The number of hydrogen-bond acceptors (Lipinski definition) is 8. The highest BCUT2D eigenvalue weighted by molar-refractivity contribution is 6.61. The Kier molecular flexibility index (Phi) is 25.9. The first kappa shape index (κ1) is 62.8. The maximum Gasteiger partial charge on any atom is 0.405 e. The molecule has 2 N–H and O–H groups in total. The molecule has 0 aromatic heterocycles. The summed E-state index contributed by atoms with van der Waals surface area (Å²) >= 11 is 46.1. The summed E-state index contributed by atoms with van der Waals surface area (Å²) in [5.41, 5.74) is 7.29. The third-order valence-corrected chi connectivity index (χ3v) is 15.0. The molecule has 0 bridgehead atoms. The van der Waals surface area contributed by atoms with E-state index in [-0.39, 0.29) is 6.04 Å². The lowest BCUT2D eigenvalue weighted by Gasteiger charge is -2.43. The molecule has 6 atom stereocenters. The van der Waals surface area contributed by atoms with Crippen molar-refractivity contribution in [3.63, 3.8) is 0 Å². The Morgan fingerprint density at radius 3 is 1.40 bits per heavy atom. The fourth-order valence-corrected chi connectivity index (χ4v) is 10.6. The molecule has 10 rings (SSSR count). The first-order valence-electron chi connectivity index (χ1n) is 26.2. The van der Waals surface area contributed by atoms with E-state index in [9.17, 15) is 4.79 Å². The molecule has 0 saturated carbocycles. The zero-order chi connectivity index (χ0) is 56.1. The van der Waals surface area contributed by atoms with E-state index < -0.39 is 11.0 Å². The molecule has 7 aromatic rings. The summed E-state index contributed by atoms with van der Waals surface area (Å²) in [6.07, 6.45) is 0. The van der Waals surface area contributed by atoms with Gasteiger partial charge < -0.3 is 30.1 Å². The van der Waals surface area contributed by atoms with Gasteiger partial charge in [-0.05, 0) is 152 Å². The number of anilines is 3. The molecule has 3 aliphatic rings. The van der Waals surface area contributed by atoms with Crippen molar-refractivity contribution < 1.29 is 9.53 Å². The predicted octanol–water partition coefficient (Wildman–Crippen LogP) is 18.1. The summed E-state index contributed by atoms with van der Waals surface area (Å²) in [4.78, 5) is 19.6. The zero-order valence-corrected chi connectivity index (χ0v) is 50.5. The topological polar surface area (TPSA) is 63.3 Å². The third-order valence-electron chi connectivity index (χ3n) is 13.3. The Bertz CT molecular complexity index is 2790. The first-order chi connectivity index (χ1) is 37.6. The van der Waals surface area contributed by atoms with E-state index >= 15 is 0 Å². The molecule has 78 heavy (non-hydrogen) atoms. The highest BCUT2D eigenvalue weighted by Gasteiger charge is 2.31. The van der Waals surface area contributed by atoms with Gasteiger partial charge in [0, 0.05) is 123 Å². The minimum absolute atomic E-state index is 0.279. The van der Waals surface area contributed by atoms with Crippen LogP contribution in [0.5, 0.6) is 0 Å². The molecule has 3 heterocycles. The molecule has 3 saturated heterocycles. The molecule has 3 fully saturated rings. The second-order valence-corrected chi connectivity index (χ2v) is 22.4. The van der Waals surface area contributed by atoms with Crippen molar-refractivity contribution in [1.82, 2.24) is 15.5 Å². The van der Waals surface area contributed by atoms with E-state index in [0.29, 0.717) is 24.2 Å². The van der Waals surface area contributed by atoms with Gasteiger partial charge >= 0.3 is 5.43 Å². The van der Waals surface area contributed by atoms with Crippen LogP contribution in [0.1, 0.15) is 75.0 Å². The van der Waals surface area contributed by atoms with Gasteiger partial charge in [-0.15, -0.1) is 0 Å². The number of benzene rings is 7. The molecule has 0 aliphatic carbocycles. The van der Waals surface area contributed by atoms with Gasteiger partial charge in [0.1, 0.15) is 0 Å². The van der Waals surface area contributed by atoms with Crippen LogP contribution in [0.3, 0.4) is 0 Å². The number of nitrogens with zero attached hydrogens (tertiary/aromatic N) is 4. The molecule has 7 aromatic carbocycles. The monoisotopic (exact) mass is 1210 g/mol. The van der Waals surface area contributed by atoms with Crippen LogP contribution >= 0.6 is 92.8 Å². The normalized spacial score (nSPS) is 19.4. The summed E-state index contributed by atoms with van der Waals surface area (Å²) in [5.74, 6) is 0. The van der Waals surface area contributed by atoms with Crippen LogP contribution < -0.4 is 25.3 Å². The lowest BCUT2D eigenvalue weighted by Crippen LogP contribution is -2.51. The molecule has 414 valence electrons. The summed E-state index contributed by atoms with van der Waals surface area (Å²) in [6.45, 7) is 17.7. The molecule has 16 heteroatoms. The van der Waals surface area contributed by atoms with Crippen molar-refractivity contribution in [2.75, 3.05) is 60.5 Å². The Morgan fingerprint density at radius 1 is 0.526 bits per heavy atom. The number of carbonyl (C=O) groups is 1. The lowest BCUT2D eigenvalue weighted by atomic mass is 9.99. The van der Waals surface area contributed by atoms with Crippen LogP contribution in [-0.4, -0.2) is 73.8 Å². The molecular formula is C62H68Cl8N6O2. The highest BCUT2D eigenvalue weighted by Crippen LogP contribution is 2.35. The van der Waals surface area contributed by atoms with Gasteiger partial charge in [0.2, 0.25) is 0 Å². The highest BCUT2D eigenvalue weighted by atomic mass is 35.5. The number of ether oxygens (including phenoxy) is 1. The molecule has 8 nitrogen and oxygen atoms in total. The van der Waals surface area contributed by atoms with Crippen molar-refractivity contribution in [3.05, 3.63) is 228 Å². The minimum Gasteiger partial charge on any atom is -0.434 e. The maximum absolute atomic E-state index is 9.71. The van der Waals surface area contributed by atoms with Crippen molar-refractivity contribution in [3.8, 4) is 0 Å². The van der Waals surface area contributed by atoms with Gasteiger partial charge in [0.25, 0.3) is 0 Å². The number of nitrogens with one attached hydrogen (secondary N) is 2. The zero-order valence-electron chi connectivity index (χ0n) is 44.5. The van der Waals surface area contributed by atoms with Crippen LogP contribution in [0, 0.1) is 0 Å². The van der Waals surface area contributed by atoms with E-state index in [2.05, 4.69) is 152 Å². The quantitative estimate of drug-likeness (QED) is 0.110. The average Bonchev–Trinajstić information content (AvgIpc) is 3.45. The van der Waals surface area contributed by atoms with E-state index in [1.54, 1.807) is 0 Å². The average molecular weight is 1210 g/mol. The van der Waals surface area contributed by atoms with E-state index in [4.69, 9.17) is 92.8 Å². The number of hydrogen-bond donors (Lipinski definition) is 2. The second kappa shape index (κ2) is 32.2. The number of rotatable bonds is 9. The summed E-state index contributed by atoms with van der Waals surface area (Å²) in [7, 11) is 0. The number of alkyl halides is 1. The molecule has 0 radical (unpaired) electrons. The molecule has 0 spiro atoms. The van der Waals surface area contributed by atoms with Gasteiger partial charge in [0.15, 0.2) is 5.56 Å². The second-order valence-electron chi connectivity index (χ2n) is 18.8. The summed E-state index contributed by atoms with van der Waals surface area (Å²) in [6, 6.07) is 61.2. The molecule has 3 aliphatic heterocycles. The molecule has 2 unspecified atom stereocenters. The Morgan fingerprint density at radius 2 is 0.949 bits per heavy atom. The van der Waals surface area contributed by atoms with Crippen LogP contribution in [0.4, 0.5) is 21.9 Å². The van der Waals surface area contributed by atoms with Crippen molar-refractivity contribution in [1.29, 1.82) is 0 Å². The van der Waals surface area contributed by atoms with Gasteiger partial charge in [0.05, 0.1) is 18.1 Å². The van der Waals surface area contributed by atoms with Gasteiger partial charge in [-0.25, -0.2) is 4.79 Å². The number of carbonyl (C=O) groups excluding carboxylic acids is 1. The van der Waals surface area contributed by atoms with Gasteiger partial charge in [-0.3, -0.25) is 4.90 Å². The number of piperazine rings is 3. The third kappa shape index (κ3) is 19.4. The van der Waals surface area contributed by atoms with E-state index in [0.717, 1.165) is 82.5 Å². The fourth-order valence-electron chi connectivity index (χ4n) is 9.62. The smallest absolute Gasteiger partial charge is 0.405 e. The largest absolute Gasteiger partial charge is 0.434 e. The molecule has 0 amide bonds.